The average Bonchev–Trinajstić information content (AvgIpc) is 2.40. The normalized spacial score (nSPS) is 11.4. The lowest BCUT2D eigenvalue weighted by atomic mass is 10.1. The fourth-order valence-corrected chi connectivity index (χ4v) is 2.55. The molecule has 2 nitrogen and oxygen atoms in total. The van der Waals surface area contributed by atoms with Gasteiger partial charge in [-0.05, 0) is 12.8 Å². The van der Waals surface area contributed by atoms with Crippen LogP contribution in [0.3, 0.4) is 0 Å². The Hall–Kier alpha value is -0.0800. The predicted octanol–water partition coefficient (Wildman–Crippen LogP) is 5.27. The molecular weight excluding hydrogens is 232 g/mol. The number of unbranched alkanes of at least 4 members (excludes halogenated alkanes) is 11. The van der Waals surface area contributed by atoms with Gasteiger partial charge in [0.1, 0.15) is 0 Å². The molecular formula is C17H38N2. The summed E-state index contributed by atoms with van der Waals surface area (Å²) >= 11 is 0. The summed E-state index contributed by atoms with van der Waals surface area (Å²) in [5.74, 6) is 5.85. The quantitative estimate of drug-likeness (QED) is 0.249. The van der Waals surface area contributed by atoms with Crippen molar-refractivity contribution in [2.24, 2.45) is 5.84 Å². The van der Waals surface area contributed by atoms with Crippen molar-refractivity contribution in [3.63, 3.8) is 0 Å². The van der Waals surface area contributed by atoms with Gasteiger partial charge < -0.3 is 0 Å². The minimum Gasteiger partial charge on any atom is -0.269 e. The molecule has 0 radical (unpaired) electrons. The van der Waals surface area contributed by atoms with Gasteiger partial charge in [0.2, 0.25) is 0 Å². The van der Waals surface area contributed by atoms with Gasteiger partial charge in [-0.2, -0.15) is 0 Å². The van der Waals surface area contributed by atoms with Crippen LogP contribution < -0.4 is 5.84 Å². The maximum Gasteiger partial charge on any atom is 0.0128 e. The molecule has 0 unspecified atom stereocenters. The lowest BCUT2D eigenvalue weighted by Crippen LogP contribution is -2.32. The van der Waals surface area contributed by atoms with Crippen molar-refractivity contribution < 1.29 is 0 Å². The van der Waals surface area contributed by atoms with Crippen LogP contribution in [-0.2, 0) is 0 Å². The molecule has 116 valence electrons. The van der Waals surface area contributed by atoms with Gasteiger partial charge in [0.05, 0.1) is 0 Å². The van der Waals surface area contributed by atoms with Gasteiger partial charge in [0.15, 0.2) is 0 Å². The molecule has 0 aliphatic rings. The van der Waals surface area contributed by atoms with E-state index in [1.165, 1.54) is 77.0 Å². The molecule has 0 rings (SSSR count). The zero-order valence-electron chi connectivity index (χ0n) is 13.6. The highest BCUT2D eigenvalue weighted by atomic mass is 15.4. The molecule has 0 atom stereocenters. The summed E-state index contributed by atoms with van der Waals surface area (Å²) < 4.78 is 0. The van der Waals surface area contributed by atoms with E-state index < -0.39 is 0 Å². The van der Waals surface area contributed by atoms with Gasteiger partial charge in [-0.3, -0.25) is 5.84 Å². The minimum absolute atomic E-state index is 1.04. The molecule has 0 aromatic heterocycles. The summed E-state index contributed by atoms with van der Waals surface area (Å²) in [5.41, 5.74) is 0. The highest BCUT2D eigenvalue weighted by Crippen LogP contribution is 2.11. The van der Waals surface area contributed by atoms with Crippen molar-refractivity contribution >= 4 is 0 Å². The van der Waals surface area contributed by atoms with E-state index in [0.29, 0.717) is 0 Å². The molecule has 0 aromatic rings. The van der Waals surface area contributed by atoms with Crippen LogP contribution in [0.25, 0.3) is 0 Å². The smallest absolute Gasteiger partial charge is 0.0128 e. The van der Waals surface area contributed by atoms with Crippen molar-refractivity contribution in [1.29, 1.82) is 0 Å². The number of hydrogen-bond donors (Lipinski definition) is 1. The van der Waals surface area contributed by atoms with E-state index in [-0.39, 0.29) is 0 Å². The van der Waals surface area contributed by atoms with Gasteiger partial charge in [-0.1, -0.05) is 84.5 Å². The first kappa shape index (κ1) is 18.9. The lowest BCUT2D eigenvalue weighted by Gasteiger charge is -2.14. The van der Waals surface area contributed by atoms with E-state index in [1.807, 2.05) is 5.01 Å². The summed E-state index contributed by atoms with van der Waals surface area (Å²) in [4.78, 5) is 0. The van der Waals surface area contributed by atoms with E-state index in [1.54, 1.807) is 0 Å². The SMILES string of the molecule is CCCCCCCCCCCCCCN(N)CCC. The summed E-state index contributed by atoms with van der Waals surface area (Å²) in [7, 11) is 0. The molecule has 19 heavy (non-hydrogen) atoms. The molecule has 0 spiro atoms. The second-order valence-electron chi connectivity index (χ2n) is 5.93. The largest absolute Gasteiger partial charge is 0.269 e. The summed E-state index contributed by atoms with van der Waals surface area (Å²) in [5, 5.41) is 1.97. The molecule has 2 N–H and O–H groups in total. The summed E-state index contributed by atoms with van der Waals surface area (Å²) in [6, 6.07) is 0. The molecule has 0 saturated heterocycles. The molecule has 0 saturated carbocycles. The second kappa shape index (κ2) is 16.0. The van der Waals surface area contributed by atoms with Crippen LogP contribution in [0.1, 0.15) is 97.3 Å². The van der Waals surface area contributed by atoms with Crippen LogP contribution >= 0.6 is 0 Å². The lowest BCUT2D eigenvalue weighted by molar-refractivity contribution is 0.276. The molecule has 0 aromatic carbocycles. The van der Waals surface area contributed by atoms with Crippen LogP contribution in [0.2, 0.25) is 0 Å². The Morgan fingerprint density at radius 3 is 1.37 bits per heavy atom. The molecule has 0 heterocycles. The predicted molar refractivity (Wildman–Crippen MR) is 87.1 cm³/mol. The number of hydrazine groups is 1. The Kier molecular flexibility index (Phi) is 15.9. The van der Waals surface area contributed by atoms with Gasteiger partial charge in [-0.25, -0.2) is 5.01 Å². The highest BCUT2D eigenvalue weighted by molar-refractivity contribution is 4.51. The number of hydrogen-bond acceptors (Lipinski definition) is 2. The van der Waals surface area contributed by atoms with Crippen molar-refractivity contribution in [3.8, 4) is 0 Å². The Labute approximate surface area is 122 Å². The summed E-state index contributed by atoms with van der Waals surface area (Å²) in [6.07, 6.45) is 18.1. The number of rotatable bonds is 15. The standard InChI is InChI=1S/C17H38N2/c1-3-5-6-7-8-9-10-11-12-13-14-15-17-19(18)16-4-2/h3-18H2,1-2H3. The van der Waals surface area contributed by atoms with Crippen LogP contribution in [0.4, 0.5) is 0 Å². The molecule has 2 heteroatoms. The van der Waals surface area contributed by atoms with E-state index in [9.17, 15) is 0 Å². The molecule has 0 amide bonds. The zero-order chi connectivity index (χ0) is 14.2. The molecule has 0 bridgehead atoms. The fourth-order valence-electron chi connectivity index (χ4n) is 2.55. The van der Waals surface area contributed by atoms with Crippen molar-refractivity contribution in [2.75, 3.05) is 13.1 Å². The maximum atomic E-state index is 5.85. The van der Waals surface area contributed by atoms with E-state index in [0.717, 1.165) is 19.5 Å². The van der Waals surface area contributed by atoms with Gasteiger partial charge in [0.25, 0.3) is 0 Å². The van der Waals surface area contributed by atoms with Crippen molar-refractivity contribution in [2.45, 2.75) is 97.3 Å². The Bertz CT molecular complexity index is 159. The van der Waals surface area contributed by atoms with Crippen molar-refractivity contribution in [3.05, 3.63) is 0 Å². The van der Waals surface area contributed by atoms with Gasteiger partial charge in [-0.15, -0.1) is 0 Å². The minimum atomic E-state index is 1.04. The summed E-state index contributed by atoms with van der Waals surface area (Å²) in [6.45, 7) is 6.58. The van der Waals surface area contributed by atoms with Crippen molar-refractivity contribution in [1.82, 2.24) is 5.01 Å². The van der Waals surface area contributed by atoms with Gasteiger partial charge in [0, 0.05) is 13.1 Å². The monoisotopic (exact) mass is 270 g/mol. The van der Waals surface area contributed by atoms with Gasteiger partial charge >= 0.3 is 0 Å². The Balaban J connectivity index is 2.99. The topological polar surface area (TPSA) is 29.3 Å². The fraction of sp³-hybridized carbons (Fsp3) is 1.00. The second-order valence-corrected chi connectivity index (χ2v) is 5.93. The Morgan fingerprint density at radius 1 is 0.526 bits per heavy atom. The number of nitrogens with zero attached hydrogens (tertiary/aromatic N) is 1. The molecule has 0 aliphatic carbocycles. The maximum absolute atomic E-state index is 5.85. The first-order valence-corrected chi connectivity index (χ1v) is 8.80. The van der Waals surface area contributed by atoms with Crippen LogP contribution in [0.15, 0.2) is 0 Å². The van der Waals surface area contributed by atoms with Crippen LogP contribution in [0, 0.1) is 0 Å². The highest BCUT2D eigenvalue weighted by Gasteiger charge is 1.97. The van der Waals surface area contributed by atoms with Crippen LogP contribution in [-0.4, -0.2) is 18.1 Å². The third-order valence-electron chi connectivity index (χ3n) is 3.81. The van der Waals surface area contributed by atoms with E-state index in [2.05, 4.69) is 13.8 Å². The third-order valence-corrected chi connectivity index (χ3v) is 3.81. The number of nitrogens with two attached hydrogens (primary N) is 1. The van der Waals surface area contributed by atoms with E-state index >= 15 is 0 Å². The van der Waals surface area contributed by atoms with E-state index in [4.69, 9.17) is 5.84 Å². The Morgan fingerprint density at radius 2 is 0.947 bits per heavy atom. The first-order chi connectivity index (χ1) is 9.31. The van der Waals surface area contributed by atoms with Crippen LogP contribution in [0.5, 0.6) is 0 Å². The average molecular weight is 271 g/mol. The molecule has 0 aliphatic heterocycles. The third kappa shape index (κ3) is 15.9. The first-order valence-electron chi connectivity index (χ1n) is 8.80. The zero-order valence-corrected chi connectivity index (χ0v) is 13.6. The molecule has 0 fully saturated rings.